The van der Waals surface area contributed by atoms with E-state index in [1.165, 1.54) is 12.8 Å². The second-order valence-corrected chi connectivity index (χ2v) is 3.56. The molecule has 1 saturated carbocycles. The molecule has 0 saturated heterocycles. The summed E-state index contributed by atoms with van der Waals surface area (Å²) in [6, 6.07) is 8.79. The second kappa shape index (κ2) is 1.88. The van der Waals surface area contributed by atoms with E-state index in [2.05, 4.69) is 30.7 Å². The smallest absolute Gasteiger partial charge is 0.00927 e. The summed E-state index contributed by atoms with van der Waals surface area (Å²) in [5.74, 6) is 1.62. The number of hydrogen-bond donors (Lipinski definition) is 0. The Bertz CT molecular complexity index is 259. The molecule has 1 fully saturated rings. The zero-order chi connectivity index (χ0) is 7.26. The summed E-state index contributed by atoms with van der Waals surface area (Å²) in [4.78, 5) is 0. The first-order valence-electron chi connectivity index (χ1n) is 4.26. The summed E-state index contributed by atoms with van der Waals surface area (Å²) in [7, 11) is 0. The lowest BCUT2D eigenvalue weighted by molar-refractivity contribution is 0.648. The molecule has 2 atom stereocenters. The van der Waals surface area contributed by atoms with Gasteiger partial charge < -0.3 is 0 Å². The number of benzene rings is 1. The molecule has 0 heteroatoms. The van der Waals surface area contributed by atoms with E-state index >= 15 is 0 Å². The highest BCUT2D eigenvalue weighted by atomic mass is 14.4. The van der Waals surface area contributed by atoms with Gasteiger partial charge in [0.1, 0.15) is 0 Å². The number of fused-ring (bicyclic) bond motifs is 2. The highest BCUT2D eigenvalue weighted by Crippen LogP contribution is 2.46. The summed E-state index contributed by atoms with van der Waals surface area (Å²) in [6.45, 7) is 0. The molecular formula is C11H10. The normalized spacial score (nSPS) is 32.4. The summed E-state index contributed by atoms with van der Waals surface area (Å²) >= 11 is 0. The van der Waals surface area contributed by atoms with Crippen molar-refractivity contribution in [3.05, 3.63) is 41.8 Å². The molecule has 1 aromatic rings. The van der Waals surface area contributed by atoms with Gasteiger partial charge in [0.05, 0.1) is 0 Å². The lowest BCUT2D eigenvalue weighted by atomic mass is 9.92. The van der Waals surface area contributed by atoms with Crippen LogP contribution < -0.4 is 0 Å². The van der Waals surface area contributed by atoms with Crippen LogP contribution in [0.1, 0.15) is 11.1 Å². The molecule has 0 nitrogen and oxygen atoms in total. The van der Waals surface area contributed by atoms with Crippen LogP contribution in [0.4, 0.5) is 0 Å². The first kappa shape index (κ1) is 5.82. The standard InChI is InChI=1S/C11H10/c1-2-4-9-6-11-7-10(11)5-8(9)3-1/h1-4,10-11H,5-6H2/t10-,11+. The first-order chi connectivity index (χ1) is 5.43. The minimum Gasteiger partial charge on any atom is -0.0620 e. The van der Waals surface area contributed by atoms with Crippen molar-refractivity contribution < 1.29 is 0 Å². The molecule has 11 heavy (non-hydrogen) atoms. The Morgan fingerprint density at radius 3 is 2.09 bits per heavy atom. The molecule has 0 amide bonds. The third-order valence-corrected chi connectivity index (χ3v) is 2.80. The molecule has 2 aliphatic carbocycles. The van der Waals surface area contributed by atoms with Crippen molar-refractivity contribution >= 4 is 0 Å². The predicted octanol–water partition coefficient (Wildman–Crippen LogP) is 2.11. The Morgan fingerprint density at radius 2 is 1.55 bits per heavy atom. The molecule has 1 aromatic carbocycles. The van der Waals surface area contributed by atoms with Gasteiger partial charge >= 0.3 is 0 Å². The van der Waals surface area contributed by atoms with Gasteiger partial charge in [-0.05, 0) is 42.2 Å². The maximum absolute atomic E-state index is 3.48. The van der Waals surface area contributed by atoms with E-state index in [9.17, 15) is 0 Å². The topological polar surface area (TPSA) is 0 Å². The predicted molar refractivity (Wildman–Crippen MR) is 44.1 cm³/mol. The SMILES string of the molecule is [C]1[C@@H]2Cc3ccccc3C[C@H]12. The second-order valence-electron chi connectivity index (χ2n) is 3.56. The van der Waals surface area contributed by atoms with Crippen LogP contribution >= 0.6 is 0 Å². The van der Waals surface area contributed by atoms with E-state index in [4.69, 9.17) is 0 Å². The van der Waals surface area contributed by atoms with Gasteiger partial charge in [0.25, 0.3) is 0 Å². The fourth-order valence-electron chi connectivity index (χ4n) is 2.05. The van der Waals surface area contributed by atoms with E-state index < -0.39 is 0 Å². The average molecular weight is 142 g/mol. The molecule has 2 aliphatic rings. The fourth-order valence-corrected chi connectivity index (χ4v) is 2.05. The average Bonchev–Trinajstić information content (AvgIpc) is 2.77. The van der Waals surface area contributed by atoms with Crippen LogP contribution in [0.25, 0.3) is 0 Å². The van der Waals surface area contributed by atoms with Crippen molar-refractivity contribution in [3.8, 4) is 0 Å². The van der Waals surface area contributed by atoms with Gasteiger partial charge in [0, 0.05) is 0 Å². The molecule has 3 rings (SSSR count). The Hall–Kier alpha value is -0.780. The van der Waals surface area contributed by atoms with E-state index in [1.54, 1.807) is 11.1 Å². The van der Waals surface area contributed by atoms with Crippen LogP contribution in [0.5, 0.6) is 0 Å². The Labute approximate surface area is 67.2 Å². The monoisotopic (exact) mass is 142 g/mol. The van der Waals surface area contributed by atoms with Crippen molar-refractivity contribution in [1.82, 2.24) is 0 Å². The maximum Gasteiger partial charge on any atom is -0.00927 e. The largest absolute Gasteiger partial charge is 0.0620 e. The molecular weight excluding hydrogens is 132 g/mol. The Morgan fingerprint density at radius 1 is 1.00 bits per heavy atom. The fraction of sp³-hybridized carbons (Fsp3) is 0.364. The number of rotatable bonds is 0. The molecule has 0 N–H and O–H groups in total. The van der Waals surface area contributed by atoms with Crippen LogP contribution in [0.2, 0.25) is 0 Å². The Balaban J connectivity index is 2.07. The molecule has 2 radical (unpaired) electrons. The van der Waals surface area contributed by atoms with Crippen molar-refractivity contribution in [3.63, 3.8) is 0 Å². The number of hydrogen-bond acceptors (Lipinski definition) is 0. The third-order valence-electron chi connectivity index (χ3n) is 2.80. The van der Waals surface area contributed by atoms with Gasteiger partial charge in [0.2, 0.25) is 0 Å². The quantitative estimate of drug-likeness (QED) is 0.520. The van der Waals surface area contributed by atoms with E-state index in [-0.39, 0.29) is 0 Å². The van der Waals surface area contributed by atoms with Crippen molar-refractivity contribution in [2.45, 2.75) is 12.8 Å². The minimum absolute atomic E-state index is 0.810. The highest BCUT2D eigenvalue weighted by Gasteiger charge is 2.41. The zero-order valence-corrected chi connectivity index (χ0v) is 6.38. The molecule has 0 bridgehead atoms. The van der Waals surface area contributed by atoms with Gasteiger partial charge in [-0.3, -0.25) is 0 Å². The van der Waals surface area contributed by atoms with Crippen LogP contribution in [-0.4, -0.2) is 0 Å². The molecule has 0 spiro atoms. The van der Waals surface area contributed by atoms with E-state index in [0.29, 0.717) is 0 Å². The molecule has 54 valence electrons. The third kappa shape index (κ3) is 0.819. The van der Waals surface area contributed by atoms with Gasteiger partial charge in [-0.25, -0.2) is 0 Å². The Kier molecular flexibility index (Phi) is 0.993. The first-order valence-corrected chi connectivity index (χ1v) is 4.26. The van der Waals surface area contributed by atoms with E-state index in [0.717, 1.165) is 11.8 Å². The van der Waals surface area contributed by atoms with Crippen molar-refractivity contribution in [2.75, 3.05) is 0 Å². The zero-order valence-electron chi connectivity index (χ0n) is 6.38. The van der Waals surface area contributed by atoms with Crippen molar-refractivity contribution in [1.29, 1.82) is 0 Å². The van der Waals surface area contributed by atoms with Crippen LogP contribution in [0.3, 0.4) is 0 Å². The van der Waals surface area contributed by atoms with Gasteiger partial charge in [-0.15, -0.1) is 0 Å². The van der Waals surface area contributed by atoms with Crippen LogP contribution in [-0.2, 0) is 12.8 Å². The maximum atomic E-state index is 3.48. The molecule has 0 heterocycles. The lowest BCUT2D eigenvalue weighted by Gasteiger charge is -2.13. The van der Waals surface area contributed by atoms with Gasteiger partial charge in [0.15, 0.2) is 0 Å². The van der Waals surface area contributed by atoms with E-state index in [1.807, 2.05) is 0 Å². The highest BCUT2D eigenvalue weighted by molar-refractivity contribution is 5.35. The molecule has 0 unspecified atom stereocenters. The van der Waals surface area contributed by atoms with Crippen LogP contribution in [0, 0.1) is 18.3 Å². The summed E-state index contributed by atoms with van der Waals surface area (Å²) in [6.07, 6.45) is 5.98. The summed E-state index contributed by atoms with van der Waals surface area (Å²) in [5, 5.41) is 0. The van der Waals surface area contributed by atoms with Gasteiger partial charge in [-0.2, -0.15) is 0 Å². The van der Waals surface area contributed by atoms with Crippen molar-refractivity contribution in [2.24, 2.45) is 11.8 Å². The lowest BCUT2D eigenvalue weighted by Crippen LogP contribution is -2.04. The summed E-state index contributed by atoms with van der Waals surface area (Å²) in [5.41, 5.74) is 3.11. The molecule has 0 aliphatic heterocycles. The van der Waals surface area contributed by atoms with Crippen LogP contribution in [0.15, 0.2) is 24.3 Å². The minimum atomic E-state index is 0.810. The van der Waals surface area contributed by atoms with Gasteiger partial charge in [-0.1, -0.05) is 24.3 Å². The summed E-state index contributed by atoms with van der Waals surface area (Å²) < 4.78 is 0. The molecule has 0 aromatic heterocycles.